The van der Waals surface area contributed by atoms with Gasteiger partial charge in [0.15, 0.2) is 0 Å². The number of nitrogens with two attached hydrogens (primary N) is 1. The Hall–Kier alpha value is -0.840. The molecule has 2 N–H and O–H groups in total. The molecule has 1 aromatic rings. The maximum atomic E-state index is 5.84. The molecule has 5 heteroatoms. The summed E-state index contributed by atoms with van der Waals surface area (Å²) in [6, 6.07) is 0. The second-order valence-corrected chi connectivity index (χ2v) is 4.51. The molecule has 1 aliphatic rings. The Bertz CT molecular complexity index is 361. The molecule has 1 aromatic heterocycles. The molecule has 2 heterocycles. The molecular weight excluding hydrogens is 256 g/mol. The lowest BCUT2D eigenvalue weighted by molar-refractivity contribution is 0.873. The van der Waals surface area contributed by atoms with Gasteiger partial charge < -0.3 is 10.6 Å². The third-order valence-corrected chi connectivity index (χ3v) is 3.52. The number of anilines is 2. The lowest BCUT2D eigenvalue weighted by Gasteiger charge is -2.16. The SMILES string of the molecule is CCc1nc(N2CCCC2)nc(N)c1Br. The molecule has 0 aliphatic carbocycles. The van der Waals surface area contributed by atoms with E-state index in [9.17, 15) is 0 Å². The van der Waals surface area contributed by atoms with E-state index in [0.717, 1.165) is 35.6 Å². The van der Waals surface area contributed by atoms with Crippen LogP contribution in [0.2, 0.25) is 0 Å². The maximum Gasteiger partial charge on any atom is 0.227 e. The molecule has 1 saturated heterocycles. The Morgan fingerprint density at radius 3 is 2.60 bits per heavy atom. The van der Waals surface area contributed by atoms with Crippen LogP contribution in [0.5, 0.6) is 0 Å². The van der Waals surface area contributed by atoms with Crippen molar-refractivity contribution in [3.8, 4) is 0 Å². The number of hydrogen-bond acceptors (Lipinski definition) is 4. The fourth-order valence-corrected chi connectivity index (χ4v) is 2.25. The van der Waals surface area contributed by atoms with Gasteiger partial charge in [-0.25, -0.2) is 4.98 Å². The van der Waals surface area contributed by atoms with Crippen LogP contribution in [0.1, 0.15) is 25.5 Å². The summed E-state index contributed by atoms with van der Waals surface area (Å²) < 4.78 is 0.841. The Kier molecular flexibility index (Phi) is 3.09. The Morgan fingerprint density at radius 2 is 2.00 bits per heavy atom. The lowest BCUT2D eigenvalue weighted by atomic mass is 10.3. The fourth-order valence-electron chi connectivity index (χ4n) is 1.79. The molecule has 0 aromatic carbocycles. The number of aryl methyl sites for hydroxylation is 1. The molecule has 4 nitrogen and oxygen atoms in total. The van der Waals surface area contributed by atoms with E-state index in [4.69, 9.17) is 5.73 Å². The third-order valence-electron chi connectivity index (χ3n) is 2.66. The maximum absolute atomic E-state index is 5.84. The van der Waals surface area contributed by atoms with Crippen LogP contribution in [-0.4, -0.2) is 23.1 Å². The minimum Gasteiger partial charge on any atom is -0.383 e. The van der Waals surface area contributed by atoms with E-state index in [1.807, 2.05) is 0 Å². The van der Waals surface area contributed by atoms with Gasteiger partial charge in [-0.2, -0.15) is 4.98 Å². The van der Waals surface area contributed by atoms with Crippen LogP contribution in [0.3, 0.4) is 0 Å². The summed E-state index contributed by atoms with van der Waals surface area (Å²) >= 11 is 3.41. The zero-order chi connectivity index (χ0) is 10.8. The fraction of sp³-hybridized carbons (Fsp3) is 0.600. The lowest BCUT2D eigenvalue weighted by Crippen LogP contribution is -2.21. The minimum absolute atomic E-state index is 0.545. The molecule has 82 valence electrons. The first-order valence-electron chi connectivity index (χ1n) is 5.29. The van der Waals surface area contributed by atoms with Crippen LogP contribution in [0.25, 0.3) is 0 Å². The molecule has 2 rings (SSSR count). The molecule has 0 bridgehead atoms. The van der Waals surface area contributed by atoms with Crippen molar-refractivity contribution in [2.75, 3.05) is 23.7 Å². The normalized spacial score (nSPS) is 16.0. The Labute approximate surface area is 98.0 Å². The van der Waals surface area contributed by atoms with E-state index in [-0.39, 0.29) is 0 Å². The molecule has 0 spiro atoms. The van der Waals surface area contributed by atoms with E-state index in [0.29, 0.717) is 5.82 Å². The van der Waals surface area contributed by atoms with Crippen molar-refractivity contribution in [2.24, 2.45) is 0 Å². The van der Waals surface area contributed by atoms with Crippen molar-refractivity contribution in [1.82, 2.24) is 9.97 Å². The highest BCUT2D eigenvalue weighted by atomic mass is 79.9. The van der Waals surface area contributed by atoms with E-state index in [2.05, 4.69) is 37.7 Å². The molecule has 0 amide bonds. The van der Waals surface area contributed by atoms with Crippen LogP contribution in [0.15, 0.2) is 4.47 Å². The summed E-state index contributed by atoms with van der Waals surface area (Å²) in [5, 5.41) is 0. The molecule has 15 heavy (non-hydrogen) atoms. The van der Waals surface area contributed by atoms with E-state index in [1.165, 1.54) is 12.8 Å². The predicted octanol–water partition coefficient (Wildman–Crippen LogP) is 1.98. The van der Waals surface area contributed by atoms with Gasteiger partial charge in [-0.1, -0.05) is 6.92 Å². The smallest absolute Gasteiger partial charge is 0.227 e. The molecular formula is C10H15BrN4. The van der Waals surface area contributed by atoms with Gasteiger partial charge in [-0.05, 0) is 35.2 Å². The van der Waals surface area contributed by atoms with Crippen LogP contribution in [0.4, 0.5) is 11.8 Å². The molecule has 0 unspecified atom stereocenters. The van der Waals surface area contributed by atoms with Gasteiger partial charge in [-0.3, -0.25) is 0 Å². The van der Waals surface area contributed by atoms with Crippen molar-refractivity contribution < 1.29 is 0 Å². The number of rotatable bonds is 2. The summed E-state index contributed by atoms with van der Waals surface area (Å²) in [5.41, 5.74) is 6.83. The van der Waals surface area contributed by atoms with Gasteiger partial charge in [0.1, 0.15) is 5.82 Å². The quantitative estimate of drug-likeness (QED) is 0.893. The highest BCUT2D eigenvalue weighted by molar-refractivity contribution is 9.10. The second kappa shape index (κ2) is 4.35. The average molecular weight is 271 g/mol. The number of nitrogen functional groups attached to an aromatic ring is 1. The predicted molar refractivity (Wildman–Crippen MR) is 65.0 cm³/mol. The molecule has 0 radical (unpaired) electrons. The van der Waals surface area contributed by atoms with Gasteiger partial charge in [0.25, 0.3) is 0 Å². The second-order valence-electron chi connectivity index (χ2n) is 3.72. The van der Waals surface area contributed by atoms with E-state index >= 15 is 0 Å². The van der Waals surface area contributed by atoms with Crippen molar-refractivity contribution in [2.45, 2.75) is 26.2 Å². The highest BCUT2D eigenvalue weighted by Gasteiger charge is 2.17. The van der Waals surface area contributed by atoms with Crippen LogP contribution in [0, 0.1) is 0 Å². The number of hydrogen-bond donors (Lipinski definition) is 1. The number of nitrogens with zero attached hydrogens (tertiary/aromatic N) is 3. The third kappa shape index (κ3) is 2.07. The monoisotopic (exact) mass is 270 g/mol. The van der Waals surface area contributed by atoms with Gasteiger partial charge in [0, 0.05) is 13.1 Å². The Morgan fingerprint density at radius 1 is 1.33 bits per heavy atom. The van der Waals surface area contributed by atoms with Crippen molar-refractivity contribution in [1.29, 1.82) is 0 Å². The number of halogens is 1. The zero-order valence-electron chi connectivity index (χ0n) is 8.83. The minimum atomic E-state index is 0.545. The first kappa shape index (κ1) is 10.7. The Balaban J connectivity index is 2.35. The molecule has 0 atom stereocenters. The summed E-state index contributed by atoms with van der Waals surface area (Å²) in [6.45, 7) is 4.16. The first-order valence-corrected chi connectivity index (χ1v) is 6.08. The summed E-state index contributed by atoms with van der Waals surface area (Å²) in [5.74, 6) is 1.33. The molecule has 1 fully saturated rings. The van der Waals surface area contributed by atoms with Crippen molar-refractivity contribution >= 4 is 27.7 Å². The van der Waals surface area contributed by atoms with Crippen molar-refractivity contribution in [3.05, 3.63) is 10.2 Å². The summed E-state index contributed by atoms with van der Waals surface area (Å²) in [7, 11) is 0. The first-order chi connectivity index (χ1) is 7.22. The topological polar surface area (TPSA) is 55.0 Å². The van der Waals surface area contributed by atoms with Gasteiger partial charge in [-0.15, -0.1) is 0 Å². The van der Waals surface area contributed by atoms with Crippen LogP contribution in [-0.2, 0) is 6.42 Å². The van der Waals surface area contributed by atoms with E-state index in [1.54, 1.807) is 0 Å². The number of aromatic nitrogens is 2. The largest absolute Gasteiger partial charge is 0.383 e. The van der Waals surface area contributed by atoms with Crippen LogP contribution >= 0.6 is 15.9 Å². The van der Waals surface area contributed by atoms with Gasteiger partial charge >= 0.3 is 0 Å². The van der Waals surface area contributed by atoms with Gasteiger partial charge in [0.2, 0.25) is 5.95 Å². The molecule has 1 aliphatic heterocycles. The highest BCUT2D eigenvalue weighted by Crippen LogP contribution is 2.25. The van der Waals surface area contributed by atoms with Crippen molar-refractivity contribution in [3.63, 3.8) is 0 Å². The summed E-state index contributed by atoms with van der Waals surface area (Å²) in [4.78, 5) is 11.0. The average Bonchev–Trinajstić information content (AvgIpc) is 2.75. The zero-order valence-corrected chi connectivity index (χ0v) is 10.4. The van der Waals surface area contributed by atoms with E-state index < -0.39 is 0 Å². The molecule has 0 saturated carbocycles. The van der Waals surface area contributed by atoms with Crippen LogP contribution < -0.4 is 10.6 Å². The summed E-state index contributed by atoms with van der Waals surface area (Å²) in [6.07, 6.45) is 3.32. The standard InChI is InChI=1S/C10H15BrN4/c1-2-7-8(11)9(12)14-10(13-7)15-5-3-4-6-15/h2-6H2,1H3,(H2,12,13,14). The van der Waals surface area contributed by atoms with Gasteiger partial charge in [0.05, 0.1) is 10.2 Å².